The number of rotatable bonds is 0. The van der Waals surface area contributed by atoms with Gasteiger partial charge < -0.3 is 5.11 Å². The molecule has 1 nitrogen and oxygen atoms in total. The van der Waals surface area contributed by atoms with Gasteiger partial charge in [0.1, 0.15) is 0 Å². The molecule has 7 atom stereocenters. The summed E-state index contributed by atoms with van der Waals surface area (Å²) in [5.74, 6) is 3.04. The Morgan fingerprint density at radius 2 is 1.95 bits per heavy atom. The quantitative estimate of drug-likeness (QED) is 0.642. The highest BCUT2D eigenvalue weighted by Crippen LogP contribution is 2.65. The van der Waals surface area contributed by atoms with E-state index in [1.54, 1.807) is 0 Å². The first-order valence-corrected chi connectivity index (χ1v) is 8.90. The highest BCUT2D eigenvalue weighted by molar-refractivity contribution is 5.16. The van der Waals surface area contributed by atoms with E-state index in [0.29, 0.717) is 11.3 Å². The van der Waals surface area contributed by atoms with E-state index < -0.39 is 0 Å². The second-order valence-corrected chi connectivity index (χ2v) is 8.73. The summed E-state index contributed by atoms with van der Waals surface area (Å²) >= 11 is 0. The fourth-order valence-corrected chi connectivity index (χ4v) is 6.95. The first-order valence-electron chi connectivity index (χ1n) is 8.90. The molecular formula is C19H30O. The van der Waals surface area contributed by atoms with E-state index in [1.165, 1.54) is 44.9 Å². The third kappa shape index (κ3) is 1.65. The second kappa shape index (κ2) is 4.35. The lowest BCUT2D eigenvalue weighted by molar-refractivity contribution is -0.138. The first kappa shape index (κ1) is 13.4. The third-order valence-electron chi connectivity index (χ3n) is 7.83. The molecule has 4 aliphatic rings. The van der Waals surface area contributed by atoms with Crippen LogP contribution >= 0.6 is 0 Å². The lowest BCUT2D eigenvalue weighted by Gasteiger charge is -2.60. The van der Waals surface area contributed by atoms with Crippen LogP contribution in [0.1, 0.15) is 65.2 Å². The first-order chi connectivity index (χ1) is 9.55. The molecular weight excluding hydrogens is 244 g/mol. The average Bonchev–Trinajstić information content (AvgIpc) is 2.78. The van der Waals surface area contributed by atoms with Crippen molar-refractivity contribution >= 4 is 0 Å². The van der Waals surface area contributed by atoms with Crippen LogP contribution in [-0.2, 0) is 0 Å². The monoisotopic (exact) mass is 274 g/mol. The van der Waals surface area contributed by atoms with Gasteiger partial charge in [0.15, 0.2) is 0 Å². The van der Waals surface area contributed by atoms with Crippen molar-refractivity contribution < 1.29 is 5.11 Å². The smallest absolute Gasteiger partial charge is 0.0584 e. The summed E-state index contributed by atoms with van der Waals surface area (Å²) in [5.41, 5.74) is 0.729. The van der Waals surface area contributed by atoms with E-state index >= 15 is 0 Å². The van der Waals surface area contributed by atoms with Gasteiger partial charge in [-0.15, -0.1) is 0 Å². The molecule has 0 radical (unpaired) electrons. The van der Waals surface area contributed by atoms with Crippen LogP contribution in [0.5, 0.6) is 0 Å². The zero-order chi connectivity index (χ0) is 14.0. The van der Waals surface area contributed by atoms with Gasteiger partial charge in [-0.1, -0.05) is 32.4 Å². The van der Waals surface area contributed by atoms with Crippen molar-refractivity contribution in [1.29, 1.82) is 0 Å². The van der Waals surface area contributed by atoms with Crippen molar-refractivity contribution in [2.75, 3.05) is 0 Å². The van der Waals surface area contributed by atoms with Crippen LogP contribution in [0.25, 0.3) is 0 Å². The maximum absolute atomic E-state index is 11.0. The third-order valence-corrected chi connectivity index (χ3v) is 7.83. The van der Waals surface area contributed by atoms with E-state index in [4.69, 9.17) is 0 Å². The largest absolute Gasteiger partial charge is 0.393 e. The summed E-state index contributed by atoms with van der Waals surface area (Å²) in [7, 11) is 0. The Balaban J connectivity index is 1.73. The Hall–Kier alpha value is -0.300. The Morgan fingerprint density at radius 1 is 1.10 bits per heavy atom. The molecule has 20 heavy (non-hydrogen) atoms. The Labute approximate surface area is 123 Å². The Bertz CT molecular complexity index is 427. The van der Waals surface area contributed by atoms with E-state index in [-0.39, 0.29) is 11.5 Å². The molecule has 3 fully saturated rings. The molecule has 0 aromatic carbocycles. The van der Waals surface area contributed by atoms with E-state index in [9.17, 15) is 5.11 Å². The minimum Gasteiger partial charge on any atom is -0.393 e. The summed E-state index contributed by atoms with van der Waals surface area (Å²) in [6.45, 7) is 4.93. The van der Waals surface area contributed by atoms with Gasteiger partial charge in [0.2, 0.25) is 0 Å². The summed E-state index contributed by atoms with van der Waals surface area (Å²) in [6, 6.07) is 0. The predicted molar refractivity (Wildman–Crippen MR) is 82.3 cm³/mol. The maximum Gasteiger partial charge on any atom is 0.0584 e. The van der Waals surface area contributed by atoms with Crippen LogP contribution in [0.3, 0.4) is 0 Å². The van der Waals surface area contributed by atoms with Crippen molar-refractivity contribution in [3.8, 4) is 0 Å². The number of hydrogen-bond acceptors (Lipinski definition) is 1. The number of hydrogen-bond donors (Lipinski definition) is 1. The zero-order valence-corrected chi connectivity index (χ0v) is 13.1. The normalized spacial score (nSPS) is 57.9. The van der Waals surface area contributed by atoms with Crippen LogP contribution in [0.4, 0.5) is 0 Å². The van der Waals surface area contributed by atoms with Gasteiger partial charge in [-0.25, -0.2) is 0 Å². The molecule has 0 aliphatic heterocycles. The molecule has 4 aliphatic carbocycles. The molecule has 0 spiro atoms. The van der Waals surface area contributed by atoms with Gasteiger partial charge in [-0.2, -0.15) is 0 Å². The Morgan fingerprint density at radius 3 is 2.80 bits per heavy atom. The fourth-order valence-electron chi connectivity index (χ4n) is 6.95. The standard InChI is InChI=1S/C19H30O/c1-18-10-5-7-15(18)14-9-8-13-6-3-4-11-19(13,2)17(14)16(20)12-18/h4,11,13-17,20H,3,5-10,12H2,1-2H3/t13?,14-,15-,16-,17+,18-,19-/m0/s1. The number of aliphatic hydroxyl groups is 1. The number of fused-ring (bicyclic) bond motifs is 5. The van der Waals surface area contributed by atoms with E-state index in [1.807, 2.05) is 0 Å². The minimum absolute atomic E-state index is 0.0603. The van der Waals surface area contributed by atoms with Gasteiger partial charge >= 0.3 is 0 Å². The fraction of sp³-hybridized carbons (Fsp3) is 0.895. The SMILES string of the molecule is C[C@@]12CCC[C@H]1[C@@H]1CCC3CCC=C[C@]3(C)[C@H]1[C@@H](O)C2. The summed E-state index contributed by atoms with van der Waals surface area (Å²) in [5, 5.41) is 11.0. The molecule has 112 valence electrons. The molecule has 0 amide bonds. The summed E-state index contributed by atoms with van der Waals surface area (Å²) < 4.78 is 0. The molecule has 0 aromatic rings. The predicted octanol–water partition coefficient (Wildman–Crippen LogP) is 4.56. The van der Waals surface area contributed by atoms with Crippen molar-refractivity contribution in [3.05, 3.63) is 12.2 Å². The van der Waals surface area contributed by atoms with Crippen LogP contribution in [0.15, 0.2) is 12.2 Å². The van der Waals surface area contributed by atoms with Gasteiger partial charge in [-0.3, -0.25) is 0 Å². The van der Waals surface area contributed by atoms with Crippen molar-refractivity contribution in [1.82, 2.24) is 0 Å². The molecule has 3 saturated carbocycles. The molecule has 0 aromatic heterocycles. The molecule has 1 heteroatoms. The van der Waals surface area contributed by atoms with Crippen LogP contribution in [0, 0.1) is 34.5 Å². The molecule has 0 bridgehead atoms. The minimum atomic E-state index is -0.0603. The van der Waals surface area contributed by atoms with Crippen LogP contribution in [-0.4, -0.2) is 11.2 Å². The molecule has 0 saturated heterocycles. The van der Waals surface area contributed by atoms with Crippen molar-refractivity contribution in [2.24, 2.45) is 34.5 Å². The summed E-state index contributed by atoms with van der Waals surface area (Å²) in [4.78, 5) is 0. The topological polar surface area (TPSA) is 20.2 Å². The Kier molecular flexibility index (Phi) is 2.91. The average molecular weight is 274 g/mol. The number of aliphatic hydroxyl groups excluding tert-OH is 1. The van der Waals surface area contributed by atoms with Crippen LogP contribution in [0.2, 0.25) is 0 Å². The highest BCUT2D eigenvalue weighted by atomic mass is 16.3. The second-order valence-electron chi connectivity index (χ2n) is 8.73. The highest BCUT2D eigenvalue weighted by Gasteiger charge is 2.59. The van der Waals surface area contributed by atoms with Crippen LogP contribution < -0.4 is 0 Å². The lowest BCUT2D eigenvalue weighted by atomic mass is 9.46. The van der Waals surface area contributed by atoms with Crippen molar-refractivity contribution in [3.63, 3.8) is 0 Å². The molecule has 4 rings (SSSR count). The molecule has 0 heterocycles. The molecule has 1 N–H and O–H groups in total. The van der Waals surface area contributed by atoms with Gasteiger partial charge in [0, 0.05) is 0 Å². The molecule has 1 unspecified atom stereocenters. The van der Waals surface area contributed by atoms with Crippen molar-refractivity contribution in [2.45, 2.75) is 71.3 Å². The van der Waals surface area contributed by atoms with Gasteiger partial charge in [0.25, 0.3) is 0 Å². The summed E-state index contributed by atoms with van der Waals surface area (Å²) in [6.07, 6.45) is 15.5. The zero-order valence-electron chi connectivity index (χ0n) is 13.1. The maximum atomic E-state index is 11.0. The van der Waals surface area contributed by atoms with Gasteiger partial charge in [-0.05, 0) is 79.4 Å². The number of allylic oxidation sites excluding steroid dienone is 2. The van der Waals surface area contributed by atoms with E-state index in [2.05, 4.69) is 26.0 Å². The van der Waals surface area contributed by atoms with Gasteiger partial charge in [0.05, 0.1) is 6.10 Å². The van der Waals surface area contributed by atoms with E-state index in [0.717, 1.165) is 24.2 Å². The lowest BCUT2D eigenvalue weighted by Crippen LogP contribution is -2.56.